The summed E-state index contributed by atoms with van der Waals surface area (Å²) >= 11 is 6.21. The SMILES string of the molecule is Clc1ccc2nc(NN=Cc3ccc4nccnc4c3)nc(-c3ccccc3)c2c1. The van der Waals surface area contributed by atoms with E-state index in [-0.39, 0.29) is 0 Å². The minimum atomic E-state index is 0.403. The first-order valence-electron chi connectivity index (χ1n) is 9.29. The quantitative estimate of drug-likeness (QED) is 0.319. The van der Waals surface area contributed by atoms with Crippen molar-refractivity contribution in [2.45, 2.75) is 0 Å². The molecule has 2 heterocycles. The second-order valence-electron chi connectivity index (χ2n) is 6.60. The Morgan fingerprint density at radius 2 is 1.60 bits per heavy atom. The highest BCUT2D eigenvalue weighted by atomic mass is 35.5. The number of nitrogens with zero attached hydrogens (tertiary/aromatic N) is 5. The van der Waals surface area contributed by atoms with Gasteiger partial charge in [-0.25, -0.2) is 15.4 Å². The van der Waals surface area contributed by atoms with Gasteiger partial charge in [-0.05, 0) is 35.9 Å². The molecule has 0 aliphatic heterocycles. The van der Waals surface area contributed by atoms with E-state index >= 15 is 0 Å². The monoisotopic (exact) mass is 410 g/mol. The Hall–Kier alpha value is -3.90. The van der Waals surface area contributed by atoms with E-state index in [9.17, 15) is 0 Å². The Bertz CT molecular complexity index is 1390. The molecule has 144 valence electrons. The fourth-order valence-electron chi connectivity index (χ4n) is 3.19. The van der Waals surface area contributed by atoms with E-state index in [0.29, 0.717) is 11.0 Å². The maximum Gasteiger partial charge on any atom is 0.244 e. The van der Waals surface area contributed by atoms with Crippen LogP contribution in [-0.2, 0) is 0 Å². The summed E-state index contributed by atoms with van der Waals surface area (Å²) in [5.74, 6) is 0.403. The predicted molar refractivity (Wildman–Crippen MR) is 121 cm³/mol. The molecule has 5 rings (SSSR count). The van der Waals surface area contributed by atoms with Gasteiger partial charge in [0.15, 0.2) is 0 Å². The molecular formula is C23H15ClN6. The molecular weight excluding hydrogens is 396 g/mol. The first kappa shape index (κ1) is 18.1. The third kappa shape index (κ3) is 3.68. The normalized spacial score (nSPS) is 11.4. The number of aromatic nitrogens is 4. The largest absolute Gasteiger partial charge is 0.253 e. The fraction of sp³-hybridized carbons (Fsp3) is 0. The molecule has 0 atom stereocenters. The van der Waals surface area contributed by atoms with Crippen LogP contribution in [0, 0.1) is 0 Å². The van der Waals surface area contributed by atoms with Gasteiger partial charge in [0.25, 0.3) is 0 Å². The summed E-state index contributed by atoms with van der Waals surface area (Å²) in [6, 6.07) is 21.3. The number of anilines is 1. The molecule has 5 aromatic rings. The number of hydrogen-bond donors (Lipinski definition) is 1. The van der Waals surface area contributed by atoms with Gasteiger partial charge in [0, 0.05) is 28.4 Å². The maximum absolute atomic E-state index is 6.21. The van der Waals surface area contributed by atoms with Crippen LogP contribution in [0.2, 0.25) is 5.02 Å². The molecule has 0 amide bonds. The van der Waals surface area contributed by atoms with E-state index < -0.39 is 0 Å². The number of hydrogen-bond acceptors (Lipinski definition) is 6. The van der Waals surface area contributed by atoms with Gasteiger partial charge in [0.1, 0.15) is 0 Å². The molecule has 2 aromatic heterocycles. The van der Waals surface area contributed by atoms with Crippen LogP contribution in [0.4, 0.5) is 5.95 Å². The number of halogens is 1. The molecule has 0 radical (unpaired) electrons. The Morgan fingerprint density at radius 1 is 0.800 bits per heavy atom. The molecule has 30 heavy (non-hydrogen) atoms. The molecule has 0 aliphatic carbocycles. The van der Waals surface area contributed by atoms with E-state index in [2.05, 4.69) is 30.5 Å². The first-order valence-corrected chi connectivity index (χ1v) is 9.67. The van der Waals surface area contributed by atoms with Crippen LogP contribution in [0.5, 0.6) is 0 Å². The van der Waals surface area contributed by atoms with Gasteiger partial charge >= 0.3 is 0 Å². The molecule has 7 heteroatoms. The first-order chi connectivity index (χ1) is 14.8. The number of fused-ring (bicyclic) bond motifs is 2. The summed E-state index contributed by atoms with van der Waals surface area (Å²) in [5, 5.41) is 5.83. The van der Waals surface area contributed by atoms with Gasteiger partial charge < -0.3 is 0 Å². The Morgan fingerprint density at radius 3 is 2.47 bits per heavy atom. The van der Waals surface area contributed by atoms with Crippen molar-refractivity contribution in [1.29, 1.82) is 0 Å². The standard InChI is InChI=1S/C23H15ClN6/c24-17-7-9-19-18(13-17)22(16-4-2-1-3-5-16)29-23(28-19)30-27-14-15-6-8-20-21(12-15)26-11-10-25-20/h1-14H,(H,28,29,30). The summed E-state index contributed by atoms with van der Waals surface area (Å²) in [4.78, 5) is 17.8. The van der Waals surface area contributed by atoms with Crippen molar-refractivity contribution in [1.82, 2.24) is 19.9 Å². The zero-order valence-electron chi connectivity index (χ0n) is 15.7. The van der Waals surface area contributed by atoms with Gasteiger partial charge in [-0.15, -0.1) is 0 Å². The lowest BCUT2D eigenvalue weighted by atomic mass is 10.1. The smallest absolute Gasteiger partial charge is 0.244 e. The van der Waals surface area contributed by atoms with Crippen molar-refractivity contribution in [2.24, 2.45) is 5.10 Å². The Balaban J connectivity index is 1.49. The molecule has 0 bridgehead atoms. The van der Waals surface area contributed by atoms with Crippen molar-refractivity contribution >= 4 is 45.7 Å². The summed E-state index contributed by atoms with van der Waals surface area (Å²) in [7, 11) is 0. The third-order valence-electron chi connectivity index (χ3n) is 4.58. The Kier molecular flexibility index (Phi) is 4.75. The van der Waals surface area contributed by atoms with Crippen LogP contribution < -0.4 is 5.43 Å². The van der Waals surface area contributed by atoms with E-state index in [1.54, 1.807) is 18.6 Å². The highest BCUT2D eigenvalue weighted by Crippen LogP contribution is 2.29. The zero-order valence-corrected chi connectivity index (χ0v) is 16.5. The summed E-state index contributed by atoms with van der Waals surface area (Å²) < 4.78 is 0. The van der Waals surface area contributed by atoms with E-state index in [1.807, 2.05) is 66.7 Å². The second kappa shape index (κ2) is 7.85. The predicted octanol–water partition coefficient (Wildman–Crippen LogP) is 5.34. The number of benzene rings is 3. The third-order valence-corrected chi connectivity index (χ3v) is 4.81. The highest BCUT2D eigenvalue weighted by Gasteiger charge is 2.10. The maximum atomic E-state index is 6.21. The lowest BCUT2D eigenvalue weighted by Gasteiger charge is -2.09. The number of rotatable bonds is 4. The highest BCUT2D eigenvalue weighted by molar-refractivity contribution is 6.31. The van der Waals surface area contributed by atoms with Crippen LogP contribution >= 0.6 is 11.6 Å². The van der Waals surface area contributed by atoms with Gasteiger partial charge in [0.05, 0.1) is 28.5 Å². The fourth-order valence-corrected chi connectivity index (χ4v) is 3.36. The van der Waals surface area contributed by atoms with Gasteiger partial charge in [-0.2, -0.15) is 5.10 Å². The number of nitrogens with one attached hydrogen (secondary N) is 1. The van der Waals surface area contributed by atoms with Crippen molar-refractivity contribution in [2.75, 3.05) is 5.43 Å². The minimum absolute atomic E-state index is 0.403. The summed E-state index contributed by atoms with van der Waals surface area (Å²) in [5.41, 5.74) is 8.04. The van der Waals surface area contributed by atoms with Crippen molar-refractivity contribution < 1.29 is 0 Å². The van der Waals surface area contributed by atoms with Crippen LogP contribution in [-0.4, -0.2) is 26.2 Å². The lowest BCUT2D eigenvalue weighted by Crippen LogP contribution is -2.00. The lowest BCUT2D eigenvalue weighted by molar-refractivity contribution is 1.16. The molecule has 3 aromatic carbocycles. The van der Waals surface area contributed by atoms with E-state index in [0.717, 1.165) is 38.8 Å². The molecule has 0 spiro atoms. The minimum Gasteiger partial charge on any atom is -0.253 e. The average Bonchev–Trinajstić information content (AvgIpc) is 2.79. The summed E-state index contributed by atoms with van der Waals surface area (Å²) in [6.45, 7) is 0. The summed E-state index contributed by atoms with van der Waals surface area (Å²) in [6.07, 6.45) is 5.04. The van der Waals surface area contributed by atoms with Crippen molar-refractivity contribution in [3.8, 4) is 11.3 Å². The topological polar surface area (TPSA) is 76.0 Å². The molecule has 6 nitrogen and oxygen atoms in total. The molecule has 0 aliphatic rings. The molecule has 0 fully saturated rings. The van der Waals surface area contributed by atoms with Gasteiger partial charge in [-0.1, -0.05) is 48.0 Å². The van der Waals surface area contributed by atoms with Crippen molar-refractivity contribution in [3.63, 3.8) is 0 Å². The molecule has 1 N–H and O–H groups in total. The van der Waals surface area contributed by atoms with Crippen molar-refractivity contribution in [3.05, 3.63) is 89.7 Å². The number of hydrazone groups is 1. The van der Waals surface area contributed by atoms with Crippen LogP contribution in [0.3, 0.4) is 0 Å². The zero-order chi connectivity index (χ0) is 20.3. The van der Waals surface area contributed by atoms with Crippen LogP contribution in [0.15, 0.2) is 84.2 Å². The van der Waals surface area contributed by atoms with Gasteiger partial charge in [0.2, 0.25) is 5.95 Å². The van der Waals surface area contributed by atoms with E-state index in [1.165, 1.54) is 0 Å². The molecule has 0 saturated carbocycles. The average molecular weight is 411 g/mol. The second-order valence-corrected chi connectivity index (χ2v) is 7.03. The van der Waals surface area contributed by atoms with Crippen LogP contribution in [0.1, 0.15) is 5.56 Å². The van der Waals surface area contributed by atoms with Crippen LogP contribution in [0.25, 0.3) is 33.2 Å². The molecule has 0 saturated heterocycles. The van der Waals surface area contributed by atoms with Gasteiger partial charge in [-0.3, -0.25) is 9.97 Å². The van der Waals surface area contributed by atoms with E-state index in [4.69, 9.17) is 11.6 Å². The molecule has 0 unspecified atom stereocenters. The Labute approximate surface area is 177 Å².